The molecule has 12 aromatic heterocycles. The Balaban J connectivity index is 0.000000118. The Morgan fingerprint density at radius 1 is 0.337 bits per heavy atom. The fourth-order valence-electron chi connectivity index (χ4n) is 9.24. The molecule has 16 rings (SSSR count). The summed E-state index contributed by atoms with van der Waals surface area (Å²) in [4.78, 5) is 63.8. The van der Waals surface area contributed by atoms with Gasteiger partial charge in [0.25, 0.3) is 0 Å². The lowest BCUT2D eigenvalue weighted by atomic mass is 10.2. The number of rotatable bonds is 16. The number of benzene rings is 4. The highest BCUT2D eigenvalue weighted by Crippen LogP contribution is 2.28. The fraction of sp³-hybridized carbons (Fsp3) is 0.0615. The van der Waals surface area contributed by atoms with E-state index < -0.39 is 0 Å². The molecule has 0 atom stereocenters. The molecule has 12 heterocycles. The summed E-state index contributed by atoms with van der Waals surface area (Å²) in [6.45, 7) is 0.855. The first-order valence-electron chi connectivity index (χ1n) is 29.2. The molecule has 16 aromatic rings. The molecule has 0 unspecified atom stereocenters. The van der Waals surface area contributed by atoms with Crippen LogP contribution in [0, 0.1) is 23.3 Å². The predicted octanol–water partition coefficient (Wildman–Crippen LogP) is 11.0. The van der Waals surface area contributed by atoms with E-state index in [1.807, 2.05) is 10.8 Å². The summed E-state index contributed by atoms with van der Waals surface area (Å²) in [6, 6.07) is 34.6. The van der Waals surface area contributed by atoms with Gasteiger partial charge in [-0.1, -0.05) is 72.8 Å². The van der Waals surface area contributed by atoms with Gasteiger partial charge in [0, 0.05) is 88.3 Å². The van der Waals surface area contributed by atoms with Gasteiger partial charge in [-0.05, 0) is 54.6 Å². The minimum Gasteiger partial charge on any atom is -0.451 e. The van der Waals surface area contributed by atoms with Crippen LogP contribution in [-0.2, 0) is 26.2 Å². The molecule has 4 N–H and O–H groups in total. The van der Waals surface area contributed by atoms with Crippen molar-refractivity contribution in [3.63, 3.8) is 0 Å². The number of halogens is 4. The van der Waals surface area contributed by atoms with Gasteiger partial charge in [0.1, 0.15) is 58.7 Å². The maximum Gasteiger partial charge on any atom is 0.219 e. The van der Waals surface area contributed by atoms with Crippen LogP contribution in [0.25, 0.3) is 91.2 Å². The summed E-state index contributed by atoms with van der Waals surface area (Å²) in [5.74, 6) is 3.62. The zero-order chi connectivity index (χ0) is 67.2. The third-order valence-corrected chi connectivity index (χ3v) is 15.3. The maximum atomic E-state index is 14.0. The quantitative estimate of drug-likeness (QED) is 0.0849. The normalized spacial score (nSPS) is 10.9. The molecule has 0 saturated carbocycles. The van der Waals surface area contributed by atoms with Crippen LogP contribution < -0.4 is 11.5 Å². The van der Waals surface area contributed by atoms with Crippen LogP contribution in [0.3, 0.4) is 0 Å². The highest BCUT2D eigenvalue weighted by atomic mass is 32.1. The minimum absolute atomic E-state index is 0.200. The first-order chi connectivity index (χ1) is 48.0. The number of anilines is 2. The minimum atomic E-state index is -0.309. The lowest BCUT2D eigenvalue weighted by Gasteiger charge is -2.07. The van der Waals surface area contributed by atoms with E-state index in [1.54, 1.807) is 165 Å². The Hall–Kier alpha value is -13.2. The van der Waals surface area contributed by atoms with Crippen LogP contribution in [0.4, 0.5) is 29.1 Å². The second-order valence-electron chi connectivity index (χ2n) is 20.4. The third-order valence-electron chi connectivity index (χ3n) is 13.8. The molecule has 0 radical (unpaired) electrons. The molecule has 33 heteroatoms. The highest BCUT2D eigenvalue weighted by Gasteiger charge is 2.23. The SMILES string of the molecule is Fc1ccccc1Cn1nc(-c2cocn2)nc1-c1ncccn1.Fc1ccccc1Cn1nc(-c2ncccn2)nc1-c1cocn1.Nc1ccnc(-c2nc(-c3nccs3)n(Cc3ccccc3F)n2)n1.Nc1ccnc(-c2nc(-c3nccs3)nn2Cc2ccccc2F)c1. The van der Waals surface area contributed by atoms with Crippen LogP contribution in [0.1, 0.15) is 22.3 Å². The molecule has 0 aliphatic rings. The monoisotopic (exact) mass is 1350 g/mol. The van der Waals surface area contributed by atoms with Crippen LogP contribution in [0.2, 0.25) is 0 Å². The van der Waals surface area contributed by atoms with Gasteiger partial charge in [0.2, 0.25) is 29.1 Å². The standard InChI is InChI=1S/C17H13FN6S.C16H12FN7S.2C16H11FN6O/c18-13-4-2-1-3-11(13)10-24-16(14-9-12(19)5-6-20-14)22-15(23-24)17-21-7-8-25-17;17-11-4-2-1-3-10(11)9-24-15(16-20-7-8-25-16)22-14(23-24)13-19-6-5-12(18)21-13;17-12-5-2-1-4-11(12)8-23-16(13-9-24-10-20-13)21-15(22-23)14-18-6-3-7-19-14;17-12-5-2-1-4-11(12)8-23-16(15-18-6-3-7-19-15)21-14(22-23)13-9-24-10-20-13/h1-9H,10H2,(H2,19,20);1-8H,9H2,(H2,18,19,21);2*1-7,9-10H,8H2. The molecule has 4 aromatic carbocycles. The summed E-state index contributed by atoms with van der Waals surface area (Å²) in [7, 11) is 0. The number of nitrogens with zero attached hydrogens (tertiary/aromatic N) is 23. The van der Waals surface area contributed by atoms with Gasteiger partial charge in [-0.15, -0.1) is 43.1 Å². The number of thiazole rings is 2. The molecule has 0 spiro atoms. The summed E-state index contributed by atoms with van der Waals surface area (Å²) < 4.78 is 72.3. The maximum absolute atomic E-state index is 14.0. The van der Waals surface area contributed by atoms with Crippen molar-refractivity contribution in [3.8, 4) is 91.2 Å². The summed E-state index contributed by atoms with van der Waals surface area (Å²) in [5, 5.41) is 22.8. The van der Waals surface area contributed by atoms with E-state index in [-0.39, 0.29) is 49.4 Å². The number of aromatic nitrogens is 23. The number of nitrogens with two attached hydrogens (primary N) is 2. The van der Waals surface area contributed by atoms with Crippen LogP contribution >= 0.6 is 22.7 Å². The third kappa shape index (κ3) is 15.2. The number of nitrogen functional groups attached to an aromatic ring is 2. The zero-order valence-electron chi connectivity index (χ0n) is 50.6. The van der Waals surface area contributed by atoms with E-state index in [1.165, 1.54) is 78.4 Å². The van der Waals surface area contributed by atoms with Crippen LogP contribution in [-0.4, -0.2) is 114 Å². The van der Waals surface area contributed by atoms with Crippen molar-refractivity contribution >= 4 is 34.2 Å². The average molecular weight is 1350 g/mol. The van der Waals surface area contributed by atoms with Crippen LogP contribution in [0.5, 0.6) is 0 Å². The average Bonchev–Trinajstić information content (AvgIpc) is 1.68. The first-order valence-corrected chi connectivity index (χ1v) is 30.9. The summed E-state index contributed by atoms with van der Waals surface area (Å²) in [5.41, 5.74) is 15.7. The molecule has 0 aliphatic carbocycles. The van der Waals surface area contributed by atoms with Gasteiger partial charge in [-0.25, -0.2) is 106 Å². The fourth-order valence-corrected chi connectivity index (χ4v) is 10.4. The Morgan fingerprint density at radius 2 is 0.765 bits per heavy atom. The topological polar surface area (TPSA) is 343 Å². The Labute approximate surface area is 559 Å². The van der Waals surface area contributed by atoms with Gasteiger partial charge in [-0.2, -0.15) is 0 Å². The molecule has 98 heavy (non-hydrogen) atoms. The van der Waals surface area contributed by atoms with E-state index in [2.05, 4.69) is 95.2 Å². The molecule has 0 bridgehead atoms. The van der Waals surface area contributed by atoms with Crippen molar-refractivity contribution in [2.45, 2.75) is 26.2 Å². The van der Waals surface area contributed by atoms with E-state index in [9.17, 15) is 17.6 Å². The Kier molecular flexibility index (Phi) is 19.4. The van der Waals surface area contributed by atoms with Crippen molar-refractivity contribution in [3.05, 3.63) is 259 Å². The van der Waals surface area contributed by atoms with E-state index >= 15 is 0 Å². The Bertz CT molecular complexity index is 5230. The van der Waals surface area contributed by atoms with E-state index in [0.29, 0.717) is 125 Å². The molecule has 27 nitrogen and oxygen atoms in total. The van der Waals surface area contributed by atoms with Gasteiger partial charge in [0.15, 0.2) is 57.7 Å². The Morgan fingerprint density at radius 3 is 1.28 bits per heavy atom. The number of hydrogen-bond acceptors (Lipinski definition) is 25. The molecular formula is C65H47F4N25O2S2. The van der Waals surface area contributed by atoms with Crippen molar-refractivity contribution < 1.29 is 26.4 Å². The predicted molar refractivity (Wildman–Crippen MR) is 350 cm³/mol. The second-order valence-corrected chi connectivity index (χ2v) is 22.2. The van der Waals surface area contributed by atoms with Gasteiger partial charge in [-0.3, -0.25) is 4.98 Å². The molecule has 484 valence electrons. The summed E-state index contributed by atoms with van der Waals surface area (Å²) >= 11 is 2.86. The lowest BCUT2D eigenvalue weighted by molar-refractivity contribution is 0.557. The molecule has 0 fully saturated rings. The van der Waals surface area contributed by atoms with Crippen molar-refractivity contribution in [2.24, 2.45) is 0 Å². The molecule has 0 saturated heterocycles. The number of oxazole rings is 2. The van der Waals surface area contributed by atoms with Crippen molar-refractivity contribution in [2.75, 3.05) is 11.5 Å². The smallest absolute Gasteiger partial charge is 0.219 e. The molecule has 0 amide bonds. The van der Waals surface area contributed by atoms with E-state index in [0.717, 1.165) is 0 Å². The molecule has 0 aliphatic heterocycles. The second kappa shape index (κ2) is 29.8. The largest absolute Gasteiger partial charge is 0.451 e. The van der Waals surface area contributed by atoms with Crippen LogP contribution in [0.15, 0.2) is 222 Å². The first kappa shape index (κ1) is 63.6. The van der Waals surface area contributed by atoms with Gasteiger partial charge < -0.3 is 20.3 Å². The number of hydrogen-bond donors (Lipinski definition) is 2. The highest BCUT2D eigenvalue weighted by molar-refractivity contribution is 7.13. The number of pyridine rings is 1. The van der Waals surface area contributed by atoms with Crippen molar-refractivity contribution in [1.29, 1.82) is 0 Å². The lowest BCUT2D eigenvalue weighted by Crippen LogP contribution is -2.07. The zero-order valence-corrected chi connectivity index (χ0v) is 52.3. The molecular weight excluding hydrogens is 1300 g/mol. The van der Waals surface area contributed by atoms with E-state index in [4.69, 9.17) is 20.3 Å². The van der Waals surface area contributed by atoms with Crippen molar-refractivity contribution in [1.82, 2.24) is 114 Å². The van der Waals surface area contributed by atoms with Gasteiger partial charge in [0.05, 0.1) is 26.2 Å². The summed E-state index contributed by atoms with van der Waals surface area (Å²) in [6.07, 6.45) is 18.5. The van der Waals surface area contributed by atoms with Gasteiger partial charge >= 0.3 is 0 Å².